The molecule has 4 nitrogen and oxygen atoms in total. The van der Waals surface area contributed by atoms with E-state index >= 15 is 0 Å². The van der Waals surface area contributed by atoms with E-state index in [1.54, 1.807) is 17.0 Å². The molecule has 0 unspecified atom stereocenters. The maximum atomic E-state index is 11.9. The first-order valence-electron chi connectivity index (χ1n) is 5.42. The van der Waals surface area contributed by atoms with Crippen molar-refractivity contribution in [3.63, 3.8) is 0 Å². The third-order valence-corrected chi connectivity index (χ3v) is 3.84. The molecule has 3 aliphatic carbocycles. The molecule has 3 saturated carbocycles. The fourth-order valence-corrected chi connectivity index (χ4v) is 2.83. The van der Waals surface area contributed by atoms with Crippen LogP contribution in [-0.4, -0.2) is 9.13 Å². The van der Waals surface area contributed by atoms with Crippen molar-refractivity contribution in [2.24, 2.45) is 5.92 Å². The molecule has 1 aromatic rings. The van der Waals surface area contributed by atoms with Crippen LogP contribution in [0.4, 0.5) is 0 Å². The van der Waals surface area contributed by atoms with Crippen LogP contribution in [0.5, 0.6) is 0 Å². The van der Waals surface area contributed by atoms with Gasteiger partial charge in [0.25, 0.3) is 0 Å². The standard InChI is InChI=1S/C12H12N2O2/c1-2-3-13-4-5-14(11(16)10(13)15)12-6-9(7-12)8-12/h1,4-5,9H,3,6-8H2. The van der Waals surface area contributed by atoms with Gasteiger partial charge in [-0.25, -0.2) is 0 Å². The molecule has 4 heteroatoms. The lowest BCUT2D eigenvalue weighted by Crippen LogP contribution is -2.64. The fraction of sp³-hybridized carbons (Fsp3) is 0.500. The molecule has 2 bridgehead atoms. The molecule has 0 radical (unpaired) electrons. The molecule has 1 aromatic heterocycles. The quantitative estimate of drug-likeness (QED) is 0.522. The van der Waals surface area contributed by atoms with Crippen molar-refractivity contribution in [2.45, 2.75) is 31.3 Å². The summed E-state index contributed by atoms with van der Waals surface area (Å²) >= 11 is 0. The molecule has 1 heterocycles. The summed E-state index contributed by atoms with van der Waals surface area (Å²) in [7, 11) is 0. The van der Waals surface area contributed by atoms with Crippen molar-refractivity contribution < 1.29 is 0 Å². The van der Waals surface area contributed by atoms with Crippen LogP contribution in [0.1, 0.15) is 19.3 Å². The van der Waals surface area contributed by atoms with Crippen LogP contribution >= 0.6 is 0 Å². The van der Waals surface area contributed by atoms with Gasteiger partial charge in [-0.2, -0.15) is 0 Å². The van der Waals surface area contributed by atoms with Gasteiger partial charge in [-0.15, -0.1) is 6.42 Å². The number of hydrogen-bond acceptors (Lipinski definition) is 2. The molecule has 4 rings (SSSR count). The maximum absolute atomic E-state index is 11.9. The average Bonchev–Trinajstić information content (AvgIpc) is 2.13. The second kappa shape index (κ2) is 2.88. The van der Waals surface area contributed by atoms with Gasteiger partial charge >= 0.3 is 11.1 Å². The first-order valence-corrected chi connectivity index (χ1v) is 5.42. The molecule has 0 aliphatic heterocycles. The van der Waals surface area contributed by atoms with Gasteiger partial charge in [0, 0.05) is 17.9 Å². The van der Waals surface area contributed by atoms with Gasteiger partial charge in [-0.05, 0) is 25.2 Å². The Bertz CT molecular complexity index is 586. The van der Waals surface area contributed by atoms with Crippen molar-refractivity contribution in [2.75, 3.05) is 0 Å². The summed E-state index contributed by atoms with van der Waals surface area (Å²) in [5.74, 6) is 3.14. The Morgan fingerprint density at radius 2 is 2.00 bits per heavy atom. The molecule has 0 saturated heterocycles. The molecule has 82 valence electrons. The summed E-state index contributed by atoms with van der Waals surface area (Å²) in [6.07, 6.45) is 11.6. The molecule has 0 atom stereocenters. The Labute approximate surface area is 92.5 Å². The summed E-state index contributed by atoms with van der Waals surface area (Å²) in [5.41, 5.74) is -0.975. The van der Waals surface area contributed by atoms with Crippen molar-refractivity contribution in [3.05, 3.63) is 33.1 Å². The highest BCUT2D eigenvalue weighted by atomic mass is 16.2. The van der Waals surface area contributed by atoms with Gasteiger partial charge in [-0.1, -0.05) is 5.92 Å². The smallest absolute Gasteiger partial charge is 0.303 e. The molecule has 0 aromatic carbocycles. The Morgan fingerprint density at radius 1 is 1.31 bits per heavy atom. The lowest BCUT2D eigenvalue weighted by molar-refractivity contribution is -0.0919. The van der Waals surface area contributed by atoms with Crippen LogP contribution in [0.25, 0.3) is 0 Å². The van der Waals surface area contributed by atoms with Crippen LogP contribution in [0, 0.1) is 18.3 Å². The highest BCUT2D eigenvalue weighted by Crippen LogP contribution is 2.61. The zero-order chi connectivity index (χ0) is 11.3. The summed E-state index contributed by atoms with van der Waals surface area (Å²) in [6.45, 7) is 0.157. The second-order valence-corrected chi connectivity index (χ2v) is 4.81. The molecular formula is C12H12N2O2. The lowest BCUT2D eigenvalue weighted by atomic mass is 9.49. The van der Waals surface area contributed by atoms with Crippen LogP contribution < -0.4 is 11.1 Å². The van der Waals surface area contributed by atoms with Crippen molar-refractivity contribution in [1.82, 2.24) is 9.13 Å². The largest absolute Gasteiger partial charge is 0.317 e. The molecular weight excluding hydrogens is 204 g/mol. The minimum Gasteiger partial charge on any atom is -0.303 e. The summed E-state index contributed by atoms with van der Waals surface area (Å²) < 4.78 is 2.90. The Kier molecular flexibility index (Phi) is 1.70. The Balaban J connectivity index is 2.09. The highest BCUT2D eigenvalue weighted by Gasteiger charge is 2.58. The number of terminal acetylenes is 1. The second-order valence-electron chi connectivity index (χ2n) is 4.81. The van der Waals surface area contributed by atoms with Gasteiger partial charge < -0.3 is 4.57 Å². The normalized spacial score (nSPS) is 30.1. The zero-order valence-electron chi connectivity index (χ0n) is 8.85. The number of rotatable bonds is 2. The zero-order valence-corrected chi connectivity index (χ0v) is 8.85. The fourth-order valence-electron chi connectivity index (χ4n) is 2.83. The third-order valence-electron chi connectivity index (χ3n) is 3.84. The van der Waals surface area contributed by atoms with Gasteiger partial charge in [-0.3, -0.25) is 14.2 Å². The van der Waals surface area contributed by atoms with E-state index < -0.39 is 11.1 Å². The first-order chi connectivity index (χ1) is 7.66. The average molecular weight is 216 g/mol. The predicted molar refractivity (Wildman–Crippen MR) is 59.1 cm³/mol. The van der Waals surface area contributed by atoms with Crippen molar-refractivity contribution in [3.8, 4) is 12.3 Å². The van der Waals surface area contributed by atoms with E-state index in [1.807, 2.05) is 0 Å². The van der Waals surface area contributed by atoms with Crippen molar-refractivity contribution in [1.29, 1.82) is 0 Å². The van der Waals surface area contributed by atoms with Gasteiger partial charge in [0.2, 0.25) is 0 Å². The molecule has 0 N–H and O–H groups in total. The van der Waals surface area contributed by atoms with Gasteiger partial charge in [0.15, 0.2) is 0 Å². The summed E-state index contributed by atoms with van der Waals surface area (Å²) in [5, 5.41) is 0. The maximum Gasteiger partial charge on any atom is 0.317 e. The van der Waals surface area contributed by atoms with Crippen LogP contribution in [-0.2, 0) is 12.1 Å². The number of aromatic nitrogens is 2. The van der Waals surface area contributed by atoms with E-state index in [2.05, 4.69) is 5.92 Å². The SMILES string of the molecule is C#CCn1ccn(C23CC(C2)C3)c(=O)c1=O. The van der Waals surface area contributed by atoms with E-state index in [4.69, 9.17) is 6.42 Å². The molecule has 0 spiro atoms. The van der Waals surface area contributed by atoms with Crippen LogP contribution in [0.15, 0.2) is 22.0 Å². The Morgan fingerprint density at radius 3 is 2.50 bits per heavy atom. The first kappa shape index (κ1) is 9.46. The van der Waals surface area contributed by atoms with E-state index in [0.717, 1.165) is 25.2 Å². The summed E-state index contributed by atoms with van der Waals surface area (Å²) in [6, 6.07) is 0. The molecule has 0 amide bonds. The molecule has 3 aliphatic rings. The van der Waals surface area contributed by atoms with E-state index in [1.165, 1.54) is 4.57 Å². The minimum atomic E-state index is -0.509. The molecule has 3 fully saturated rings. The number of nitrogens with zero attached hydrogens (tertiary/aromatic N) is 2. The lowest BCUT2D eigenvalue weighted by Gasteiger charge is -2.62. The highest BCUT2D eigenvalue weighted by molar-refractivity contribution is 5.13. The minimum absolute atomic E-state index is 0.0316. The topological polar surface area (TPSA) is 44.0 Å². The van der Waals surface area contributed by atoms with Crippen LogP contribution in [0.3, 0.4) is 0 Å². The molecule has 16 heavy (non-hydrogen) atoms. The van der Waals surface area contributed by atoms with Gasteiger partial charge in [0.05, 0.1) is 6.54 Å². The van der Waals surface area contributed by atoms with E-state index in [0.29, 0.717) is 0 Å². The monoisotopic (exact) mass is 216 g/mol. The van der Waals surface area contributed by atoms with Crippen LogP contribution in [0.2, 0.25) is 0 Å². The Hall–Kier alpha value is -1.76. The van der Waals surface area contributed by atoms with E-state index in [-0.39, 0.29) is 12.1 Å². The predicted octanol–water partition coefficient (Wildman–Crippen LogP) is 0.152. The van der Waals surface area contributed by atoms with Gasteiger partial charge in [0.1, 0.15) is 0 Å². The number of hydrogen-bond donors (Lipinski definition) is 0. The summed E-state index contributed by atoms with van der Waals surface area (Å²) in [4.78, 5) is 23.6. The third kappa shape index (κ3) is 1.00. The van der Waals surface area contributed by atoms with E-state index in [9.17, 15) is 9.59 Å². The van der Waals surface area contributed by atoms with Crippen molar-refractivity contribution >= 4 is 0 Å².